The molecule has 0 radical (unpaired) electrons. The molecule has 0 amide bonds. The molecule has 0 fully saturated rings. The topological polar surface area (TPSA) is 65.2 Å². The summed E-state index contributed by atoms with van der Waals surface area (Å²) in [5.41, 5.74) is 6.58. The van der Waals surface area contributed by atoms with Crippen LogP contribution in [0, 0.1) is 0 Å². The number of ether oxygens (including phenoxy) is 1. The molecule has 0 spiro atoms. The predicted octanol–water partition coefficient (Wildman–Crippen LogP) is 5.29. The van der Waals surface area contributed by atoms with Gasteiger partial charge in [0, 0.05) is 0 Å². The lowest BCUT2D eigenvalue weighted by atomic mass is 10.1. The number of esters is 1. The van der Waals surface area contributed by atoms with Crippen molar-refractivity contribution in [2.45, 2.75) is 77.4 Å². The van der Waals surface area contributed by atoms with Gasteiger partial charge in [0.1, 0.15) is 23.0 Å². The standard InChI is InChI=1S/C18H28Cl2N2O2/c1-2-3-4-5-6-7-8-9-10-15(21)18(23)24-13-14-11-16(19)22-17(20)12-14/h11-12,15H,2-10,13,21H2,1H3/t15-/m0/s1. The van der Waals surface area contributed by atoms with Crippen molar-refractivity contribution in [3.8, 4) is 0 Å². The lowest BCUT2D eigenvalue weighted by molar-refractivity contribution is -0.146. The number of hydrogen-bond donors (Lipinski definition) is 1. The largest absolute Gasteiger partial charge is 0.460 e. The van der Waals surface area contributed by atoms with Crippen molar-refractivity contribution in [3.63, 3.8) is 0 Å². The van der Waals surface area contributed by atoms with Crippen LogP contribution in [0.4, 0.5) is 0 Å². The lowest BCUT2D eigenvalue weighted by Gasteiger charge is -2.11. The molecule has 1 rings (SSSR count). The van der Waals surface area contributed by atoms with Crippen LogP contribution in [0.5, 0.6) is 0 Å². The van der Waals surface area contributed by atoms with Crippen LogP contribution in [0.1, 0.15) is 70.3 Å². The van der Waals surface area contributed by atoms with Gasteiger partial charge in [-0.1, -0.05) is 81.5 Å². The van der Waals surface area contributed by atoms with Gasteiger partial charge in [-0.05, 0) is 24.1 Å². The predicted molar refractivity (Wildman–Crippen MR) is 99.3 cm³/mol. The number of carbonyl (C=O) groups excluding carboxylic acids is 1. The Morgan fingerprint density at radius 3 is 2.21 bits per heavy atom. The van der Waals surface area contributed by atoms with Gasteiger partial charge in [0.05, 0.1) is 0 Å². The van der Waals surface area contributed by atoms with E-state index in [1.807, 2.05) is 0 Å². The number of unbranched alkanes of at least 4 members (excludes halogenated alkanes) is 7. The third-order valence-corrected chi connectivity index (χ3v) is 4.26. The minimum absolute atomic E-state index is 0.103. The molecule has 0 aliphatic carbocycles. The van der Waals surface area contributed by atoms with Gasteiger partial charge in [-0.3, -0.25) is 4.79 Å². The van der Waals surface area contributed by atoms with Crippen LogP contribution >= 0.6 is 23.2 Å². The van der Waals surface area contributed by atoms with E-state index in [2.05, 4.69) is 11.9 Å². The highest BCUT2D eigenvalue weighted by molar-refractivity contribution is 6.32. The zero-order chi connectivity index (χ0) is 17.8. The molecule has 2 N–H and O–H groups in total. The first-order valence-electron chi connectivity index (χ1n) is 8.77. The van der Waals surface area contributed by atoms with E-state index in [1.165, 1.54) is 38.5 Å². The number of hydrogen-bond acceptors (Lipinski definition) is 4. The highest BCUT2D eigenvalue weighted by Gasteiger charge is 2.15. The summed E-state index contributed by atoms with van der Waals surface area (Å²) in [5.74, 6) is -0.387. The van der Waals surface area contributed by atoms with Crippen LogP contribution in [0.25, 0.3) is 0 Å². The fourth-order valence-corrected chi connectivity index (χ4v) is 2.98. The second kappa shape index (κ2) is 12.5. The number of rotatable bonds is 12. The molecule has 1 heterocycles. The maximum absolute atomic E-state index is 11.9. The molecule has 0 bridgehead atoms. The molecule has 0 aliphatic heterocycles. The van der Waals surface area contributed by atoms with Crippen molar-refractivity contribution < 1.29 is 9.53 Å². The second-order valence-electron chi connectivity index (χ2n) is 6.10. The highest BCUT2D eigenvalue weighted by atomic mass is 35.5. The van der Waals surface area contributed by atoms with Gasteiger partial charge in [-0.2, -0.15) is 0 Å². The molecule has 4 nitrogen and oxygen atoms in total. The van der Waals surface area contributed by atoms with Gasteiger partial charge < -0.3 is 10.5 Å². The van der Waals surface area contributed by atoms with Crippen LogP contribution in [0.15, 0.2) is 12.1 Å². The first kappa shape index (κ1) is 21.2. The fourth-order valence-electron chi connectivity index (χ4n) is 2.48. The number of nitrogens with zero attached hydrogens (tertiary/aromatic N) is 1. The Labute approximate surface area is 155 Å². The van der Waals surface area contributed by atoms with Crippen LogP contribution in [0.3, 0.4) is 0 Å². The molecule has 136 valence electrons. The van der Waals surface area contributed by atoms with E-state index in [1.54, 1.807) is 12.1 Å². The van der Waals surface area contributed by atoms with Gasteiger partial charge in [-0.25, -0.2) is 4.98 Å². The first-order chi connectivity index (χ1) is 11.5. The summed E-state index contributed by atoms with van der Waals surface area (Å²) in [7, 11) is 0. The van der Waals surface area contributed by atoms with Gasteiger partial charge in [0.25, 0.3) is 0 Å². The Balaban J connectivity index is 2.14. The molecule has 1 aromatic heterocycles. The maximum Gasteiger partial charge on any atom is 0.323 e. The van der Waals surface area contributed by atoms with Crippen molar-refractivity contribution in [2.75, 3.05) is 0 Å². The number of nitrogens with two attached hydrogens (primary N) is 1. The first-order valence-corrected chi connectivity index (χ1v) is 9.52. The van der Waals surface area contributed by atoms with E-state index in [-0.39, 0.29) is 22.9 Å². The summed E-state index contributed by atoms with van der Waals surface area (Å²) in [5, 5.41) is 0.550. The summed E-state index contributed by atoms with van der Waals surface area (Å²) >= 11 is 11.6. The van der Waals surface area contributed by atoms with E-state index >= 15 is 0 Å². The van der Waals surface area contributed by atoms with Crippen LogP contribution in [-0.4, -0.2) is 17.0 Å². The number of aromatic nitrogens is 1. The molecule has 0 unspecified atom stereocenters. The van der Waals surface area contributed by atoms with Crippen molar-refractivity contribution in [3.05, 3.63) is 28.0 Å². The van der Waals surface area contributed by atoms with Crippen LogP contribution in [-0.2, 0) is 16.1 Å². The van der Waals surface area contributed by atoms with Gasteiger partial charge in [0.2, 0.25) is 0 Å². The Kier molecular flexibility index (Phi) is 11.1. The SMILES string of the molecule is CCCCCCCCCC[C@H](N)C(=O)OCc1cc(Cl)nc(Cl)c1. The molecule has 6 heteroatoms. The maximum atomic E-state index is 11.9. The van der Waals surface area contributed by atoms with Gasteiger partial charge in [0.15, 0.2) is 0 Å². The average Bonchev–Trinajstić information content (AvgIpc) is 2.54. The minimum atomic E-state index is -0.571. The molecule has 24 heavy (non-hydrogen) atoms. The molecule has 0 saturated heterocycles. The summed E-state index contributed by atoms with van der Waals surface area (Å²) in [6.07, 6.45) is 10.4. The van der Waals surface area contributed by atoms with E-state index in [9.17, 15) is 4.79 Å². The van der Waals surface area contributed by atoms with Crippen LogP contribution < -0.4 is 5.73 Å². The number of pyridine rings is 1. The van der Waals surface area contributed by atoms with E-state index in [4.69, 9.17) is 33.7 Å². The van der Waals surface area contributed by atoms with Gasteiger partial charge in [-0.15, -0.1) is 0 Å². The van der Waals surface area contributed by atoms with Crippen molar-refractivity contribution in [1.29, 1.82) is 0 Å². The zero-order valence-corrected chi connectivity index (χ0v) is 15.9. The summed E-state index contributed by atoms with van der Waals surface area (Å²) in [6, 6.07) is 2.66. The molecule has 1 atom stereocenters. The average molecular weight is 375 g/mol. The van der Waals surface area contributed by atoms with Crippen molar-refractivity contribution in [2.24, 2.45) is 5.73 Å². The third-order valence-electron chi connectivity index (χ3n) is 3.88. The summed E-state index contributed by atoms with van der Waals surface area (Å²) < 4.78 is 5.21. The smallest absolute Gasteiger partial charge is 0.323 e. The van der Waals surface area contributed by atoms with Crippen molar-refractivity contribution in [1.82, 2.24) is 4.98 Å². The molecular formula is C18H28Cl2N2O2. The quantitative estimate of drug-likeness (QED) is 0.306. The number of halogens is 2. The minimum Gasteiger partial charge on any atom is -0.460 e. The summed E-state index contributed by atoms with van der Waals surface area (Å²) in [4.78, 5) is 15.7. The Morgan fingerprint density at radius 2 is 1.62 bits per heavy atom. The Bertz CT molecular complexity index is 478. The molecule has 0 saturated carbocycles. The highest BCUT2D eigenvalue weighted by Crippen LogP contribution is 2.16. The Morgan fingerprint density at radius 1 is 1.08 bits per heavy atom. The number of carbonyl (C=O) groups is 1. The molecule has 0 aliphatic rings. The lowest BCUT2D eigenvalue weighted by Crippen LogP contribution is -2.32. The molecular weight excluding hydrogens is 347 g/mol. The van der Waals surface area contributed by atoms with E-state index in [0.29, 0.717) is 12.0 Å². The van der Waals surface area contributed by atoms with E-state index in [0.717, 1.165) is 12.8 Å². The second-order valence-corrected chi connectivity index (χ2v) is 6.87. The third kappa shape index (κ3) is 9.45. The van der Waals surface area contributed by atoms with Gasteiger partial charge >= 0.3 is 5.97 Å². The normalized spacial score (nSPS) is 12.2. The molecule has 1 aromatic rings. The van der Waals surface area contributed by atoms with Crippen LogP contribution in [0.2, 0.25) is 10.3 Å². The Hall–Kier alpha value is -0.840. The zero-order valence-electron chi connectivity index (χ0n) is 14.4. The monoisotopic (exact) mass is 374 g/mol. The molecule has 0 aromatic carbocycles. The van der Waals surface area contributed by atoms with Crippen molar-refractivity contribution >= 4 is 29.2 Å². The van der Waals surface area contributed by atoms with E-state index < -0.39 is 6.04 Å². The summed E-state index contributed by atoms with van der Waals surface area (Å²) in [6.45, 7) is 2.32. The fraction of sp³-hybridized carbons (Fsp3) is 0.667.